The molecule has 0 radical (unpaired) electrons. The minimum absolute atomic E-state index is 0.00166. The van der Waals surface area contributed by atoms with E-state index in [4.69, 9.17) is 9.47 Å². The van der Waals surface area contributed by atoms with Gasteiger partial charge in [-0.3, -0.25) is 9.59 Å². The van der Waals surface area contributed by atoms with E-state index in [0.717, 1.165) is 14.2 Å². The fourth-order valence-corrected chi connectivity index (χ4v) is 4.00. The summed E-state index contributed by atoms with van der Waals surface area (Å²) in [7, 11) is 3.44. The van der Waals surface area contributed by atoms with Crippen molar-refractivity contribution in [3.05, 3.63) is 88.5 Å². The van der Waals surface area contributed by atoms with Crippen molar-refractivity contribution in [2.75, 3.05) is 21.3 Å². The molecule has 0 saturated carbocycles. The number of carbonyl (C=O) groups is 3. The molecular weight excluding hydrogens is 484 g/mol. The summed E-state index contributed by atoms with van der Waals surface area (Å²) in [6.07, 6.45) is -1.83. The second-order valence-corrected chi connectivity index (χ2v) is 8.07. The first-order chi connectivity index (χ1) is 17.6. The number of rotatable bonds is 8. The Kier molecular flexibility index (Phi) is 8.36. The SMILES string of the molecule is COC(=O)C(O)c1cc(C(C(=O)OC)c2cc(C(C(=O)OC)c3ccc(O)cc3)ccc2O)ccc1O. The van der Waals surface area contributed by atoms with Gasteiger partial charge in [0.25, 0.3) is 0 Å². The Morgan fingerprint density at radius 2 is 1.03 bits per heavy atom. The summed E-state index contributed by atoms with van der Waals surface area (Å²) in [5.74, 6) is -5.38. The number of esters is 3. The topological polar surface area (TPSA) is 160 Å². The van der Waals surface area contributed by atoms with Gasteiger partial charge in [0.1, 0.15) is 29.1 Å². The predicted molar refractivity (Wildman–Crippen MR) is 129 cm³/mol. The van der Waals surface area contributed by atoms with Gasteiger partial charge in [0, 0.05) is 11.1 Å². The molecule has 0 aliphatic carbocycles. The lowest BCUT2D eigenvalue weighted by molar-refractivity contribution is -0.150. The Labute approximate surface area is 212 Å². The van der Waals surface area contributed by atoms with Crippen LogP contribution < -0.4 is 0 Å². The van der Waals surface area contributed by atoms with E-state index in [1.54, 1.807) is 12.1 Å². The zero-order valence-electron chi connectivity index (χ0n) is 20.2. The van der Waals surface area contributed by atoms with Crippen molar-refractivity contribution < 1.29 is 49.0 Å². The lowest BCUT2D eigenvalue weighted by atomic mass is 9.84. The highest BCUT2D eigenvalue weighted by Gasteiger charge is 2.32. The lowest BCUT2D eigenvalue weighted by Crippen LogP contribution is -2.19. The molecule has 0 aromatic heterocycles. The first-order valence-electron chi connectivity index (χ1n) is 11.0. The summed E-state index contributed by atoms with van der Waals surface area (Å²) in [4.78, 5) is 37.5. The van der Waals surface area contributed by atoms with Crippen LogP contribution in [-0.2, 0) is 28.6 Å². The highest BCUT2D eigenvalue weighted by molar-refractivity contribution is 5.85. The normalized spacial score (nSPS) is 13.2. The van der Waals surface area contributed by atoms with Crippen LogP contribution in [0.3, 0.4) is 0 Å². The number of aliphatic hydroxyl groups excluding tert-OH is 1. The molecule has 37 heavy (non-hydrogen) atoms. The number of carbonyl (C=O) groups excluding carboxylic acids is 3. The lowest BCUT2D eigenvalue weighted by Gasteiger charge is -2.22. The Morgan fingerprint density at radius 3 is 1.57 bits per heavy atom. The second kappa shape index (κ2) is 11.4. The molecule has 3 aromatic carbocycles. The van der Waals surface area contributed by atoms with Gasteiger partial charge in [0.2, 0.25) is 0 Å². The summed E-state index contributed by atoms with van der Waals surface area (Å²) in [6.45, 7) is 0. The average molecular weight is 510 g/mol. The van der Waals surface area contributed by atoms with Crippen LogP contribution in [0.1, 0.15) is 45.8 Å². The van der Waals surface area contributed by atoms with Gasteiger partial charge in [-0.2, -0.15) is 0 Å². The summed E-state index contributed by atoms with van der Waals surface area (Å²) in [5, 5.41) is 40.8. The molecule has 3 aromatic rings. The van der Waals surface area contributed by atoms with Crippen molar-refractivity contribution in [3.8, 4) is 17.2 Å². The first-order valence-corrected chi connectivity index (χ1v) is 11.0. The van der Waals surface area contributed by atoms with E-state index < -0.39 is 41.6 Å². The maximum atomic E-state index is 12.9. The summed E-state index contributed by atoms with van der Waals surface area (Å²) in [6, 6.07) is 13.9. The number of benzene rings is 3. The van der Waals surface area contributed by atoms with Crippen LogP contribution in [0.15, 0.2) is 60.7 Å². The highest BCUT2D eigenvalue weighted by atomic mass is 16.5. The van der Waals surface area contributed by atoms with Gasteiger partial charge in [-0.25, -0.2) is 4.79 Å². The number of phenols is 3. The second-order valence-electron chi connectivity index (χ2n) is 8.07. The van der Waals surface area contributed by atoms with E-state index in [1.807, 2.05) is 0 Å². The zero-order chi connectivity index (χ0) is 27.3. The van der Waals surface area contributed by atoms with Crippen molar-refractivity contribution in [2.45, 2.75) is 17.9 Å². The first kappa shape index (κ1) is 27.0. The van der Waals surface area contributed by atoms with Gasteiger partial charge in [0.15, 0.2) is 6.10 Å². The van der Waals surface area contributed by atoms with E-state index in [-0.39, 0.29) is 28.2 Å². The Morgan fingerprint density at radius 1 is 0.595 bits per heavy atom. The minimum Gasteiger partial charge on any atom is -0.508 e. The standard InChI is InChI=1S/C27H26O10/c1-35-25(32)22(14-4-8-17(28)9-5-14)15-6-10-20(29)18(12-15)23(26(33)36-2)16-7-11-21(30)19(13-16)24(31)27(34)37-3/h4-13,22-24,28-31H,1-3H3. The van der Waals surface area contributed by atoms with Gasteiger partial charge in [-0.1, -0.05) is 24.3 Å². The maximum Gasteiger partial charge on any atom is 0.339 e. The third-order valence-corrected chi connectivity index (χ3v) is 5.90. The molecule has 3 rings (SSSR count). The highest BCUT2D eigenvalue weighted by Crippen LogP contribution is 2.38. The summed E-state index contributed by atoms with van der Waals surface area (Å²) >= 11 is 0. The smallest absolute Gasteiger partial charge is 0.339 e. The average Bonchev–Trinajstić information content (AvgIpc) is 2.91. The van der Waals surface area contributed by atoms with Crippen molar-refractivity contribution in [3.63, 3.8) is 0 Å². The maximum absolute atomic E-state index is 12.9. The van der Waals surface area contributed by atoms with Crippen LogP contribution in [-0.4, -0.2) is 59.7 Å². The molecule has 0 heterocycles. The van der Waals surface area contributed by atoms with Gasteiger partial charge in [0.05, 0.1) is 21.3 Å². The van der Waals surface area contributed by atoms with E-state index in [1.165, 1.54) is 55.6 Å². The fraction of sp³-hybridized carbons (Fsp3) is 0.222. The molecule has 194 valence electrons. The van der Waals surface area contributed by atoms with Crippen LogP contribution >= 0.6 is 0 Å². The van der Waals surface area contributed by atoms with Gasteiger partial charge < -0.3 is 34.6 Å². The largest absolute Gasteiger partial charge is 0.508 e. The zero-order valence-corrected chi connectivity index (χ0v) is 20.2. The fourth-order valence-electron chi connectivity index (χ4n) is 4.00. The molecule has 0 amide bonds. The Bertz CT molecular complexity index is 1300. The molecule has 10 heteroatoms. The van der Waals surface area contributed by atoms with E-state index in [0.29, 0.717) is 11.1 Å². The monoisotopic (exact) mass is 510 g/mol. The molecule has 0 aliphatic heterocycles. The van der Waals surface area contributed by atoms with Crippen LogP contribution in [0.4, 0.5) is 0 Å². The molecule has 0 spiro atoms. The summed E-state index contributed by atoms with van der Waals surface area (Å²) < 4.78 is 14.5. The number of aliphatic hydroxyl groups is 1. The van der Waals surface area contributed by atoms with Crippen molar-refractivity contribution in [2.24, 2.45) is 0 Å². The van der Waals surface area contributed by atoms with E-state index in [2.05, 4.69) is 4.74 Å². The third kappa shape index (κ3) is 5.65. The van der Waals surface area contributed by atoms with Gasteiger partial charge in [-0.05, 0) is 53.1 Å². The van der Waals surface area contributed by atoms with Crippen LogP contribution in [0.2, 0.25) is 0 Å². The predicted octanol–water partition coefficient (Wildman–Crippen LogP) is 2.62. The quantitative estimate of drug-likeness (QED) is 0.262. The number of ether oxygens (including phenoxy) is 3. The van der Waals surface area contributed by atoms with Crippen molar-refractivity contribution >= 4 is 17.9 Å². The van der Waals surface area contributed by atoms with Crippen LogP contribution in [0.5, 0.6) is 17.2 Å². The molecule has 0 saturated heterocycles. The molecule has 0 fully saturated rings. The van der Waals surface area contributed by atoms with Crippen molar-refractivity contribution in [1.29, 1.82) is 0 Å². The number of hydrogen-bond acceptors (Lipinski definition) is 10. The molecule has 0 aliphatic rings. The Balaban J connectivity index is 2.19. The molecule has 4 N–H and O–H groups in total. The number of hydrogen-bond donors (Lipinski definition) is 4. The third-order valence-electron chi connectivity index (χ3n) is 5.90. The summed E-state index contributed by atoms with van der Waals surface area (Å²) in [5.41, 5.74) is 0.873. The van der Waals surface area contributed by atoms with Gasteiger partial charge in [-0.15, -0.1) is 0 Å². The minimum atomic E-state index is -1.83. The number of phenolic OH excluding ortho intramolecular Hbond substituents is 3. The van der Waals surface area contributed by atoms with Crippen LogP contribution in [0.25, 0.3) is 0 Å². The Hall–Kier alpha value is -4.57. The number of aromatic hydroxyl groups is 3. The molecule has 3 unspecified atom stereocenters. The molecule has 10 nitrogen and oxygen atoms in total. The molecule has 0 bridgehead atoms. The van der Waals surface area contributed by atoms with Gasteiger partial charge >= 0.3 is 17.9 Å². The number of methoxy groups -OCH3 is 3. The van der Waals surface area contributed by atoms with E-state index >= 15 is 0 Å². The van der Waals surface area contributed by atoms with Crippen LogP contribution in [0, 0.1) is 0 Å². The van der Waals surface area contributed by atoms with E-state index in [9.17, 15) is 34.8 Å². The van der Waals surface area contributed by atoms with Crippen molar-refractivity contribution in [1.82, 2.24) is 0 Å². The molecule has 3 atom stereocenters. The molecular formula is C27H26O10.